The van der Waals surface area contributed by atoms with Gasteiger partial charge in [-0.25, -0.2) is 4.79 Å². The SMILES string of the molecule is C#CC(C)(C)N1CN(CC)CN(c2snc(CC)c2C)C1=O. The van der Waals surface area contributed by atoms with Crippen LogP contribution in [-0.2, 0) is 6.42 Å². The van der Waals surface area contributed by atoms with Gasteiger partial charge in [-0.05, 0) is 45.3 Å². The maximum absolute atomic E-state index is 13.0. The molecule has 0 atom stereocenters. The van der Waals surface area contributed by atoms with Crippen molar-refractivity contribution in [3.63, 3.8) is 0 Å². The molecular weight excluding hydrogens is 296 g/mol. The monoisotopic (exact) mass is 320 g/mol. The molecule has 0 bridgehead atoms. The van der Waals surface area contributed by atoms with Crippen LogP contribution >= 0.6 is 11.5 Å². The minimum Gasteiger partial charge on any atom is -0.295 e. The molecule has 0 N–H and O–H groups in total. The summed E-state index contributed by atoms with van der Waals surface area (Å²) in [4.78, 5) is 18.7. The minimum absolute atomic E-state index is 0.0398. The zero-order valence-electron chi connectivity index (χ0n) is 14.0. The van der Waals surface area contributed by atoms with E-state index in [1.165, 1.54) is 11.5 Å². The zero-order valence-corrected chi connectivity index (χ0v) is 14.8. The van der Waals surface area contributed by atoms with Crippen LogP contribution in [0.4, 0.5) is 9.80 Å². The fourth-order valence-electron chi connectivity index (χ4n) is 2.50. The number of anilines is 1. The minimum atomic E-state index is -0.616. The highest BCUT2D eigenvalue weighted by Gasteiger charge is 2.39. The Hall–Kier alpha value is -1.58. The van der Waals surface area contributed by atoms with Gasteiger partial charge in [0.2, 0.25) is 0 Å². The maximum atomic E-state index is 13.0. The number of terminal acetylenes is 1. The van der Waals surface area contributed by atoms with Crippen molar-refractivity contribution in [2.45, 2.75) is 46.6 Å². The normalized spacial score (nSPS) is 17.0. The van der Waals surface area contributed by atoms with Crippen LogP contribution in [0.25, 0.3) is 0 Å². The number of rotatable bonds is 4. The third kappa shape index (κ3) is 2.83. The predicted molar refractivity (Wildman–Crippen MR) is 91.0 cm³/mol. The predicted octanol–water partition coefficient (Wildman–Crippen LogP) is 2.90. The van der Waals surface area contributed by atoms with E-state index in [0.717, 1.165) is 29.2 Å². The van der Waals surface area contributed by atoms with Crippen molar-refractivity contribution in [2.75, 3.05) is 24.8 Å². The van der Waals surface area contributed by atoms with Crippen LogP contribution in [-0.4, -0.2) is 45.6 Å². The number of aryl methyl sites for hydroxylation is 1. The number of hydrogen-bond acceptors (Lipinski definition) is 4. The van der Waals surface area contributed by atoms with E-state index in [0.29, 0.717) is 13.3 Å². The second-order valence-electron chi connectivity index (χ2n) is 6.02. The molecule has 5 nitrogen and oxygen atoms in total. The Morgan fingerprint density at radius 3 is 2.55 bits per heavy atom. The smallest absolute Gasteiger partial charge is 0.295 e. The molecule has 0 aromatic carbocycles. The molecule has 0 unspecified atom stereocenters. The van der Waals surface area contributed by atoms with Gasteiger partial charge in [0.15, 0.2) is 0 Å². The van der Waals surface area contributed by atoms with E-state index < -0.39 is 5.54 Å². The summed E-state index contributed by atoms with van der Waals surface area (Å²) < 4.78 is 4.47. The van der Waals surface area contributed by atoms with Crippen molar-refractivity contribution in [3.05, 3.63) is 11.3 Å². The van der Waals surface area contributed by atoms with Crippen LogP contribution in [0.1, 0.15) is 39.0 Å². The molecule has 2 heterocycles. The second kappa shape index (κ2) is 6.27. The highest BCUT2D eigenvalue weighted by atomic mass is 32.1. The summed E-state index contributed by atoms with van der Waals surface area (Å²) >= 11 is 1.39. The number of nitrogens with zero attached hydrogens (tertiary/aromatic N) is 4. The third-order valence-electron chi connectivity index (χ3n) is 4.20. The van der Waals surface area contributed by atoms with Crippen LogP contribution in [0.15, 0.2) is 0 Å². The summed E-state index contributed by atoms with van der Waals surface area (Å²) in [7, 11) is 0. The molecule has 1 fully saturated rings. The number of aromatic nitrogens is 1. The van der Waals surface area contributed by atoms with Crippen molar-refractivity contribution < 1.29 is 4.79 Å². The Kier molecular flexibility index (Phi) is 4.78. The van der Waals surface area contributed by atoms with Gasteiger partial charge in [0.1, 0.15) is 10.5 Å². The molecule has 2 amide bonds. The molecule has 1 saturated heterocycles. The van der Waals surface area contributed by atoms with Gasteiger partial charge in [0.25, 0.3) is 0 Å². The maximum Gasteiger partial charge on any atom is 0.328 e. The van der Waals surface area contributed by atoms with E-state index in [2.05, 4.69) is 29.0 Å². The summed E-state index contributed by atoms with van der Waals surface area (Å²) in [6.45, 7) is 12.0. The van der Waals surface area contributed by atoms with Crippen LogP contribution in [0.3, 0.4) is 0 Å². The number of carbonyl (C=O) groups excluding carboxylic acids is 1. The molecule has 0 radical (unpaired) electrons. The first-order valence-corrected chi connectivity index (χ1v) is 8.37. The number of amides is 2. The largest absolute Gasteiger partial charge is 0.328 e. The molecule has 2 rings (SSSR count). The van der Waals surface area contributed by atoms with Crippen molar-refractivity contribution in [3.8, 4) is 12.3 Å². The first kappa shape index (κ1) is 16.8. The van der Waals surface area contributed by atoms with Gasteiger partial charge in [0.05, 0.1) is 19.0 Å². The highest BCUT2D eigenvalue weighted by molar-refractivity contribution is 7.10. The fraction of sp³-hybridized carbons (Fsp3) is 0.625. The number of carbonyl (C=O) groups is 1. The Bertz CT molecular complexity index is 602. The van der Waals surface area contributed by atoms with Gasteiger partial charge in [0, 0.05) is 5.56 Å². The van der Waals surface area contributed by atoms with E-state index in [1.807, 2.05) is 20.8 Å². The van der Waals surface area contributed by atoms with E-state index in [4.69, 9.17) is 6.42 Å². The average Bonchev–Trinajstić information content (AvgIpc) is 2.88. The molecule has 22 heavy (non-hydrogen) atoms. The summed E-state index contributed by atoms with van der Waals surface area (Å²) in [5.74, 6) is 2.73. The Morgan fingerprint density at radius 1 is 1.36 bits per heavy atom. The van der Waals surface area contributed by atoms with Gasteiger partial charge in [-0.2, -0.15) is 4.37 Å². The lowest BCUT2D eigenvalue weighted by molar-refractivity contribution is 0.0811. The third-order valence-corrected chi connectivity index (χ3v) is 5.21. The number of hydrogen-bond donors (Lipinski definition) is 0. The van der Waals surface area contributed by atoms with E-state index in [-0.39, 0.29) is 6.03 Å². The van der Waals surface area contributed by atoms with Crippen LogP contribution < -0.4 is 4.90 Å². The standard InChI is InChI=1S/C16H24N4OS/c1-7-13-12(4)14(22-17-13)19-10-18(9-3)11-20(15(19)21)16(5,6)8-2/h2H,7,9-11H2,1,3-6H3. The lowest BCUT2D eigenvalue weighted by Crippen LogP contribution is -2.63. The van der Waals surface area contributed by atoms with Crippen molar-refractivity contribution in [2.24, 2.45) is 0 Å². The second-order valence-corrected chi connectivity index (χ2v) is 6.78. The van der Waals surface area contributed by atoms with Gasteiger partial charge < -0.3 is 0 Å². The van der Waals surface area contributed by atoms with Gasteiger partial charge in [-0.3, -0.25) is 14.7 Å². The van der Waals surface area contributed by atoms with E-state index >= 15 is 0 Å². The lowest BCUT2D eigenvalue weighted by Gasteiger charge is -2.46. The highest BCUT2D eigenvalue weighted by Crippen LogP contribution is 2.32. The first-order valence-electron chi connectivity index (χ1n) is 7.60. The van der Waals surface area contributed by atoms with Gasteiger partial charge in [-0.15, -0.1) is 6.42 Å². The Morgan fingerprint density at radius 2 is 2.05 bits per heavy atom. The van der Waals surface area contributed by atoms with Crippen LogP contribution in [0.2, 0.25) is 0 Å². The molecule has 6 heteroatoms. The van der Waals surface area contributed by atoms with Gasteiger partial charge >= 0.3 is 6.03 Å². The van der Waals surface area contributed by atoms with Crippen LogP contribution in [0, 0.1) is 19.3 Å². The molecular formula is C16H24N4OS. The van der Waals surface area contributed by atoms with E-state index in [1.54, 1.807) is 9.80 Å². The summed E-state index contributed by atoms with van der Waals surface area (Å²) in [5.41, 5.74) is 1.54. The fourth-order valence-corrected chi connectivity index (χ4v) is 3.45. The molecule has 1 aliphatic heterocycles. The van der Waals surface area contributed by atoms with E-state index in [9.17, 15) is 4.79 Å². The summed E-state index contributed by atoms with van der Waals surface area (Å²) in [6, 6.07) is -0.0398. The molecule has 1 aliphatic rings. The van der Waals surface area contributed by atoms with Crippen molar-refractivity contribution in [1.82, 2.24) is 14.2 Å². The average molecular weight is 320 g/mol. The molecule has 0 aliphatic carbocycles. The topological polar surface area (TPSA) is 39.7 Å². The van der Waals surface area contributed by atoms with Crippen LogP contribution in [0.5, 0.6) is 0 Å². The zero-order chi connectivity index (χ0) is 16.5. The molecule has 120 valence electrons. The molecule has 0 saturated carbocycles. The number of urea groups is 1. The van der Waals surface area contributed by atoms with Crippen molar-refractivity contribution >= 4 is 22.6 Å². The summed E-state index contributed by atoms with van der Waals surface area (Å²) in [6.07, 6.45) is 6.51. The molecule has 1 aromatic rings. The summed E-state index contributed by atoms with van der Waals surface area (Å²) in [5, 5.41) is 0.929. The Labute approximate surface area is 137 Å². The Balaban J connectivity index is 2.40. The van der Waals surface area contributed by atoms with Gasteiger partial charge in [-0.1, -0.05) is 19.8 Å². The molecule has 0 spiro atoms. The first-order chi connectivity index (χ1) is 10.4. The quantitative estimate of drug-likeness (QED) is 0.801. The van der Waals surface area contributed by atoms with Crippen molar-refractivity contribution in [1.29, 1.82) is 0 Å². The molecule has 1 aromatic heterocycles. The lowest BCUT2D eigenvalue weighted by atomic mass is 10.0.